The quantitative estimate of drug-likeness (QED) is 0.0718. The molecule has 6 aromatic rings. The molecule has 1 N–H and O–H groups in total. The summed E-state index contributed by atoms with van der Waals surface area (Å²) < 4.78 is 36.5. The Labute approximate surface area is 347 Å². The summed E-state index contributed by atoms with van der Waals surface area (Å²) in [6.07, 6.45) is 2.02. The molecule has 0 spiro atoms. The lowest BCUT2D eigenvalue weighted by atomic mass is 9.80. The first-order valence-corrected chi connectivity index (χ1v) is 21.7. The Bertz CT molecular complexity index is 2220. The van der Waals surface area contributed by atoms with Gasteiger partial charge < -0.3 is 32.9 Å². The van der Waals surface area contributed by atoms with Crippen LogP contribution in [0.25, 0.3) is 21.3 Å². The molecule has 11 heteroatoms. The second-order valence-electron chi connectivity index (χ2n) is 15.4. The number of rotatable bonds is 17. The Morgan fingerprint density at radius 1 is 0.879 bits per heavy atom. The number of hydrogen-bond acceptors (Lipinski definition) is 9. The van der Waals surface area contributed by atoms with Gasteiger partial charge in [-0.05, 0) is 98.7 Å². The number of aromatic nitrogens is 1. The lowest BCUT2D eigenvalue weighted by molar-refractivity contribution is -0.0909. The molecule has 302 valence electrons. The molecule has 9 nitrogen and oxygen atoms in total. The maximum absolute atomic E-state index is 12.0. The monoisotopic (exact) mass is 817 g/mol. The van der Waals surface area contributed by atoms with Crippen LogP contribution in [0.5, 0.6) is 11.5 Å². The average Bonchev–Trinajstić information content (AvgIpc) is 4.02. The van der Waals surface area contributed by atoms with Gasteiger partial charge in [-0.1, -0.05) is 72.8 Å². The van der Waals surface area contributed by atoms with Crippen LogP contribution in [-0.4, -0.2) is 58.7 Å². The maximum Gasteiger partial charge on any atom is 0.257 e. The Hall–Kier alpha value is -4.56. The van der Waals surface area contributed by atoms with E-state index in [0.29, 0.717) is 19.3 Å². The molecule has 1 fully saturated rings. The van der Waals surface area contributed by atoms with Crippen molar-refractivity contribution in [1.82, 2.24) is 9.24 Å². The molecule has 1 aliphatic heterocycles. The predicted molar refractivity (Wildman–Crippen MR) is 232 cm³/mol. The van der Waals surface area contributed by atoms with E-state index in [1.54, 1.807) is 25.6 Å². The molecule has 4 atom stereocenters. The second kappa shape index (κ2) is 18.1. The zero-order valence-corrected chi connectivity index (χ0v) is 35.7. The highest BCUT2D eigenvalue weighted by atomic mass is 32.1. The van der Waals surface area contributed by atoms with Gasteiger partial charge in [0, 0.05) is 46.4 Å². The van der Waals surface area contributed by atoms with Crippen molar-refractivity contribution in [1.29, 1.82) is 5.26 Å². The van der Waals surface area contributed by atoms with E-state index in [4.69, 9.17) is 23.5 Å². The molecule has 1 unspecified atom stereocenters. The van der Waals surface area contributed by atoms with Crippen LogP contribution in [0.15, 0.2) is 127 Å². The highest BCUT2D eigenvalue weighted by Crippen LogP contribution is 2.50. The second-order valence-corrected chi connectivity index (χ2v) is 17.5. The number of fused-ring (bicyclic) bond motifs is 1. The summed E-state index contributed by atoms with van der Waals surface area (Å²) >= 11 is 1.72. The summed E-state index contributed by atoms with van der Waals surface area (Å²) in [7, 11) is 1.22. The third-order valence-corrected chi connectivity index (χ3v) is 13.8. The molecular weight excluding hydrogens is 766 g/mol. The minimum absolute atomic E-state index is 0.0439. The molecule has 0 bridgehead atoms. The number of hydrogen-bond donors (Lipinski definition) is 1. The van der Waals surface area contributed by atoms with E-state index in [9.17, 15) is 10.2 Å². The Morgan fingerprint density at radius 2 is 1.53 bits per heavy atom. The molecular formula is C47H52N3O6PS. The Balaban J connectivity index is 1.29. The normalized spacial score (nSPS) is 17.8. The summed E-state index contributed by atoms with van der Waals surface area (Å²) in [5.74, 6) is 1.47. The molecule has 2 aromatic heterocycles. The fourth-order valence-electron chi connectivity index (χ4n) is 8.28. The van der Waals surface area contributed by atoms with Gasteiger partial charge in [0.2, 0.25) is 0 Å². The van der Waals surface area contributed by atoms with E-state index >= 15 is 0 Å². The lowest BCUT2D eigenvalue weighted by Gasteiger charge is -2.43. The number of nitrogens with zero attached hydrogens (tertiary/aromatic N) is 3. The van der Waals surface area contributed by atoms with Crippen LogP contribution in [0.3, 0.4) is 0 Å². The van der Waals surface area contributed by atoms with E-state index in [2.05, 4.69) is 84.6 Å². The van der Waals surface area contributed by atoms with Crippen molar-refractivity contribution in [2.75, 3.05) is 20.8 Å². The first-order chi connectivity index (χ1) is 28.1. The molecule has 0 aliphatic carbocycles. The third-order valence-electron chi connectivity index (χ3n) is 11.0. The minimum Gasteiger partial charge on any atom is -0.497 e. The fraction of sp³-hybridized carbons (Fsp3) is 0.340. The molecule has 7 rings (SSSR count). The van der Waals surface area contributed by atoms with Gasteiger partial charge in [0.25, 0.3) is 8.53 Å². The topological polar surface area (TPSA) is 98.3 Å². The first kappa shape index (κ1) is 41.6. The number of ether oxygens (including phenoxy) is 4. The minimum atomic E-state index is -2.10. The summed E-state index contributed by atoms with van der Waals surface area (Å²) in [6, 6.07) is 41.1. The molecule has 0 radical (unpaired) electrons. The summed E-state index contributed by atoms with van der Waals surface area (Å²) in [6.45, 7) is 8.35. The van der Waals surface area contributed by atoms with Crippen molar-refractivity contribution in [2.24, 2.45) is 0 Å². The number of nitriles is 1. The fourth-order valence-corrected chi connectivity index (χ4v) is 10.6. The number of thiophene rings is 1. The van der Waals surface area contributed by atoms with Crippen LogP contribution in [0, 0.1) is 11.3 Å². The molecule has 3 heterocycles. The summed E-state index contributed by atoms with van der Waals surface area (Å²) in [5.41, 5.74) is 3.41. The van der Waals surface area contributed by atoms with E-state index in [-0.39, 0.29) is 12.6 Å². The highest BCUT2D eigenvalue weighted by Gasteiger charge is 2.45. The van der Waals surface area contributed by atoms with Crippen LogP contribution in [0.2, 0.25) is 0 Å². The van der Waals surface area contributed by atoms with Gasteiger partial charge in [0.1, 0.15) is 29.4 Å². The van der Waals surface area contributed by atoms with Crippen LogP contribution in [0.1, 0.15) is 69.9 Å². The molecule has 1 saturated heterocycles. The van der Waals surface area contributed by atoms with E-state index in [1.807, 2.05) is 85.2 Å². The largest absolute Gasteiger partial charge is 0.497 e. The third kappa shape index (κ3) is 8.45. The average molecular weight is 818 g/mol. The van der Waals surface area contributed by atoms with Crippen molar-refractivity contribution < 1.29 is 28.4 Å². The summed E-state index contributed by atoms with van der Waals surface area (Å²) in [4.78, 5) is 13.2. The predicted octanol–water partition coefficient (Wildman–Crippen LogP) is 11.1. The molecule has 58 heavy (non-hydrogen) atoms. The lowest BCUT2D eigenvalue weighted by Crippen LogP contribution is -2.45. The standard InChI is InChI=1S/C47H52N3O6PS/c1-33(2)50(46(3,4)27-12-28-48)57(51)56-42-31-45(49-29-26-39-40(15-10-16-41(39)49)44-17-11-30-58-44)55-43(42)32-54-47(34-13-8-7-9-14-34,35-18-22-37(52-5)23-19-35)36-20-24-38(53-6)25-21-36/h7-11,13-26,29-30,33,42-43,45,51H,12,27,31-32H2,1-6H3/t42-,43+,45+,57?/m0/s1. The van der Waals surface area contributed by atoms with Crippen molar-refractivity contribution in [3.8, 4) is 28.0 Å². The Kier molecular flexibility index (Phi) is 13.0. The summed E-state index contributed by atoms with van der Waals surface area (Å²) in [5, 5.41) is 12.7. The smallest absolute Gasteiger partial charge is 0.257 e. The SMILES string of the molecule is COc1ccc(C(OC[C@H]2O[C@@H](n3ccc4c(-c5cccs5)cccc43)C[C@@H]2OP(O)N(C(C)C)C(C)(C)CCC#N)(c2ccccc2)c2ccc(OC)cc2)cc1. The first-order valence-electron chi connectivity index (χ1n) is 19.7. The van der Waals surface area contributed by atoms with Crippen molar-refractivity contribution in [3.05, 3.63) is 144 Å². The van der Waals surface area contributed by atoms with Crippen molar-refractivity contribution in [2.45, 2.75) is 82.6 Å². The van der Waals surface area contributed by atoms with Gasteiger partial charge in [0.05, 0.1) is 38.5 Å². The van der Waals surface area contributed by atoms with Gasteiger partial charge in [-0.2, -0.15) is 5.26 Å². The van der Waals surface area contributed by atoms with Crippen LogP contribution in [0.4, 0.5) is 0 Å². The zero-order valence-electron chi connectivity index (χ0n) is 33.9. The van der Waals surface area contributed by atoms with Gasteiger partial charge in [0.15, 0.2) is 0 Å². The number of methoxy groups -OCH3 is 2. The number of benzene rings is 4. The van der Waals surface area contributed by atoms with E-state index in [0.717, 1.165) is 39.1 Å². The maximum atomic E-state index is 12.0. The van der Waals surface area contributed by atoms with Gasteiger partial charge in [-0.3, -0.25) is 0 Å². The molecule has 1 aliphatic rings. The highest BCUT2D eigenvalue weighted by molar-refractivity contribution is 7.43. The van der Waals surface area contributed by atoms with Crippen molar-refractivity contribution >= 4 is 30.8 Å². The molecule has 4 aromatic carbocycles. The molecule has 0 saturated carbocycles. The van der Waals surface area contributed by atoms with E-state index < -0.39 is 38.1 Å². The van der Waals surface area contributed by atoms with E-state index in [1.165, 1.54) is 10.4 Å². The van der Waals surface area contributed by atoms with Crippen LogP contribution < -0.4 is 9.47 Å². The van der Waals surface area contributed by atoms with Crippen LogP contribution >= 0.6 is 19.9 Å². The van der Waals surface area contributed by atoms with Gasteiger partial charge in [-0.25, -0.2) is 4.67 Å². The van der Waals surface area contributed by atoms with Crippen molar-refractivity contribution in [3.63, 3.8) is 0 Å². The zero-order chi connectivity index (χ0) is 40.9. The molecule has 0 amide bonds. The van der Waals surface area contributed by atoms with Gasteiger partial charge in [-0.15, -0.1) is 11.3 Å². The van der Waals surface area contributed by atoms with Crippen LogP contribution in [-0.2, 0) is 19.6 Å². The van der Waals surface area contributed by atoms with Gasteiger partial charge >= 0.3 is 0 Å². The Morgan fingerprint density at radius 3 is 2.12 bits per heavy atom.